The number of amidine groups is 1. The lowest BCUT2D eigenvalue weighted by Crippen LogP contribution is -2.53. The van der Waals surface area contributed by atoms with Gasteiger partial charge in [0.2, 0.25) is 0 Å². The number of aryl methyl sites for hydroxylation is 1. The Hall–Kier alpha value is -2.50. The first kappa shape index (κ1) is 13.9. The minimum Gasteiger partial charge on any atom is -0.451 e. The molecule has 1 aromatic carbocycles. The van der Waals surface area contributed by atoms with Gasteiger partial charge in [0.25, 0.3) is 5.91 Å². The van der Waals surface area contributed by atoms with Crippen LogP contribution in [0.2, 0.25) is 0 Å². The Balaban J connectivity index is 2.28. The third-order valence-corrected chi connectivity index (χ3v) is 3.07. The molecule has 0 aliphatic rings. The predicted octanol–water partition coefficient (Wildman–Crippen LogP) is 2.00. The number of nitrogens with zero attached hydrogens (tertiary/aromatic N) is 1. The fourth-order valence-corrected chi connectivity index (χ4v) is 1.81. The average molecular weight is 275 g/mol. The molecular weight excluding hydrogens is 258 g/mol. The van der Waals surface area contributed by atoms with Gasteiger partial charge in [-0.1, -0.05) is 16.8 Å². The van der Waals surface area contributed by atoms with Gasteiger partial charge in [-0.3, -0.25) is 4.79 Å². The first-order valence-corrected chi connectivity index (χ1v) is 6.14. The van der Waals surface area contributed by atoms with Gasteiger partial charge in [-0.25, -0.2) is 0 Å². The molecule has 0 radical (unpaired) electrons. The molecule has 0 saturated heterocycles. The number of amides is 1. The van der Waals surface area contributed by atoms with Crippen LogP contribution in [0.5, 0.6) is 0 Å². The van der Waals surface area contributed by atoms with E-state index >= 15 is 0 Å². The third kappa shape index (κ3) is 2.59. The summed E-state index contributed by atoms with van der Waals surface area (Å²) in [6.45, 7) is 5.23. The van der Waals surface area contributed by atoms with Crippen LogP contribution in [0.1, 0.15) is 30.0 Å². The lowest BCUT2D eigenvalue weighted by molar-refractivity contribution is 0.0905. The number of oxime groups is 1. The van der Waals surface area contributed by atoms with Gasteiger partial charge >= 0.3 is 0 Å². The fourth-order valence-electron chi connectivity index (χ4n) is 1.81. The maximum Gasteiger partial charge on any atom is 0.287 e. The molecule has 0 aliphatic heterocycles. The van der Waals surface area contributed by atoms with Crippen molar-refractivity contribution in [3.05, 3.63) is 35.6 Å². The van der Waals surface area contributed by atoms with Gasteiger partial charge in [-0.15, -0.1) is 0 Å². The molecule has 1 heterocycles. The molecule has 0 saturated carbocycles. The first-order valence-electron chi connectivity index (χ1n) is 6.14. The van der Waals surface area contributed by atoms with Crippen LogP contribution in [0, 0.1) is 6.92 Å². The van der Waals surface area contributed by atoms with Crippen LogP contribution in [-0.4, -0.2) is 22.5 Å². The zero-order valence-corrected chi connectivity index (χ0v) is 11.6. The number of carbonyl (C=O) groups excluding carboxylic acids is 1. The van der Waals surface area contributed by atoms with Crippen LogP contribution in [0.3, 0.4) is 0 Å². The van der Waals surface area contributed by atoms with E-state index in [4.69, 9.17) is 15.4 Å². The lowest BCUT2D eigenvalue weighted by Gasteiger charge is -2.23. The molecule has 0 bridgehead atoms. The summed E-state index contributed by atoms with van der Waals surface area (Å²) in [4.78, 5) is 12.1. The molecule has 1 aromatic heterocycles. The number of rotatable bonds is 3. The minimum absolute atomic E-state index is 0.0854. The summed E-state index contributed by atoms with van der Waals surface area (Å²) in [5, 5.41) is 15.1. The third-order valence-electron chi connectivity index (χ3n) is 3.07. The number of fused-ring (bicyclic) bond motifs is 1. The van der Waals surface area contributed by atoms with Gasteiger partial charge < -0.3 is 20.7 Å². The van der Waals surface area contributed by atoms with E-state index in [9.17, 15) is 4.79 Å². The molecule has 6 nitrogen and oxygen atoms in total. The predicted molar refractivity (Wildman–Crippen MR) is 75.9 cm³/mol. The summed E-state index contributed by atoms with van der Waals surface area (Å²) < 4.78 is 5.49. The van der Waals surface area contributed by atoms with Crippen LogP contribution in [-0.2, 0) is 0 Å². The van der Waals surface area contributed by atoms with E-state index in [-0.39, 0.29) is 11.6 Å². The van der Waals surface area contributed by atoms with Crippen LogP contribution < -0.4 is 11.1 Å². The van der Waals surface area contributed by atoms with Crippen molar-refractivity contribution in [3.8, 4) is 0 Å². The largest absolute Gasteiger partial charge is 0.451 e. The quantitative estimate of drug-likeness (QED) is 0.345. The van der Waals surface area contributed by atoms with Crippen molar-refractivity contribution < 1.29 is 14.4 Å². The molecule has 106 valence electrons. The van der Waals surface area contributed by atoms with E-state index < -0.39 is 11.4 Å². The van der Waals surface area contributed by atoms with Crippen LogP contribution in [0.25, 0.3) is 11.0 Å². The maximum atomic E-state index is 12.1. The van der Waals surface area contributed by atoms with E-state index in [0.29, 0.717) is 5.58 Å². The zero-order chi connectivity index (χ0) is 14.9. The van der Waals surface area contributed by atoms with E-state index in [1.54, 1.807) is 19.9 Å². The van der Waals surface area contributed by atoms with Crippen LogP contribution in [0.4, 0.5) is 0 Å². The van der Waals surface area contributed by atoms with Crippen molar-refractivity contribution in [2.45, 2.75) is 26.3 Å². The van der Waals surface area contributed by atoms with Crippen molar-refractivity contribution in [2.24, 2.45) is 10.9 Å². The molecule has 1 amide bonds. The summed E-state index contributed by atoms with van der Waals surface area (Å²) in [6.07, 6.45) is 0. The Morgan fingerprint density at radius 1 is 1.40 bits per heavy atom. The van der Waals surface area contributed by atoms with Crippen molar-refractivity contribution in [3.63, 3.8) is 0 Å². The highest BCUT2D eigenvalue weighted by Gasteiger charge is 2.27. The van der Waals surface area contributed by atoms with Crippen LogP contribution >= 0.6 is 0 Å². The highest BCUT2D eigenvalue weighted by molar-refractivity contribution is 6.00. The van der Waals surface area contributed by atoms with Gasteiger partial charge in [0.1, 0.15) is 5.58 Å². The Morgan fingerprint density at radius 3 is 2.75 bits per heavy atom. The standard InChI is InChI=1S/C14H17N3O3/c1-8-4-5-10-9(6-8)7-11(20-10)12(18)16-14(2,3)13(15)17-19/h4-7,19H,1-3H3,(H2,15,17)(H,16,18). The molecule has 0 fully saturated rings. The SMILES string of the molecule is Cc1ccc2oc(C(=O)NC(C)(C)C(N)=NO)cc2c1. The van der Waals surface area contributed by atoms with Gasteiger partial charge in [0.05, 0.1) is 5.54 Å². The summed E-state index contributed by atoms with van der Waals surface area (Å²) in [5.74, 6) is -0.322. The van der Waals surface area contributed by atoms with Gasteiger partial charge in [0.15, 0.2) is 11.6 Å². The number of hydrogen-bond donors (Lipinski definition) is 3. The number of nitrogens with one attached hydrogen (secondary N) is 1. The molecule has 0 spiro atoms. The highest BCUT2D eigenvalue weighted by Crippen LogP contribution is 2.21. The molecular formula is C14H17N3O3. The summed E-state index contributed by atoms with van der Waals surface area (Å²) in [6, 6.07) is 7.33. The zero-order valence-electron chi connectivity index (χ0n) is 11.6. The molecule has 6 heteroatoms. The summed E-state index contributed by atoms with van der Waals surface area (Å²) in [5.41, 5.74) is 6.28. The highest BCUT2D eigenvalue weighted by atomic mass is 16.4. The molecule has 20 heavy (non-hydrogen) atoms. The van der Waals surface area contributed by atoms with Crippen molar-refractivity contribution in [1.82, 2.24) is 5.32 Å². The molecule has 2 rings (SSSR count). The first-order chi connectivity index (χ1) is 9.33. The molecule has 0 atom stereocenters. The van der Waals surface area contributed by atoms with Gasteiger partial charge in [-0.05, 0) is 39.0 Å². The topological polar surface area (TPSA) is 101 Å². The van der Waals surface area contributed by atoms with E-state index in [0.717, 1.165) is 10.9 Å². The second kappa shape index (κ2) is 4.88. The van der Waals surface area contributed by atoms with Gasteiger partial charge in [0, 0.05) is 5.39 Å². The Morgan fingerprint density at radius 2 is 2.10 bits per heavy atom. The summed E-state index contributed by atoms with van der Waals surface area (Å²) >= 11 is 0. The Labute approximate surface area is 116 Å². The lowest BCUT2D eigenvalue weighted by atomic mass is 10.0. The molecule has 2 aromatic rings. The number of nitrogens with two attached hydrogens (primary N) is 1. The smallest absolute Gasteiger partial charge is 0.287 e. The fraction of sp³-hybridized carbons (Fsp3) is 0.286. The molecule has 4 N–H and O–H groups in total. The second-order valence-electron chi connectivity index (χ2n) is 5.22. The van der Waals surface area contributed by atoms with Crippen molar-refractivity contribution in [2.75, 3.05) is 0 Å². The average Bonchev–Trinajstić information content (AvgIpc) is 2.80. The Kier molecular flexibility index (Phi) is 3.40. The Bertz CT molecular complexity index is 686. The number of hydrogen-bond acceptors (Lipinski definition) is 4. The summed E-state index contributed by atoms with van der Waals surface area (Å²) in [7, 11) is 0. The minimum atomic E-state index is -0.972. The van der Waals surface area contributed by atoms with Gasteiger partial charge in [-0.2, -0.15) is 0 Å². The number of carbonyl (C=O) groups is 1. The van der Waals surface area contributed by atoms with E-state index in [2.05, 4.69) is 10.5 Å². The monoisotopic (exact) mass is 275 g/mol. The molecule has 0 unspecified atom stereocenters. The molecule has 0 aliphatic carbocycles. The normalized spacial score (nSPS) is 12.7. The van der Waals surface area contributed by atoms with E-state index in [1.807, 2.05) is 25.1 Å². The second-order valence-corrected chi connectivity index (χ2v) is 5.22. The van der Waals surface area contributed by atoms with Crippen molar-refractivity contribution in [1.29, 1.82) is 0 Å². The van der Waals surface area contributed by atoms with E-state index in [1.165, 1.54) is 0 Å². The maximum absolute atomic E-state index is 12.1. The van der Waals surface area contributed by atoms with Crippen LogP contribution in [0.15, 0.2) is 33.8 Å². The number of benzene rings is 1. The van der Waals surface area contributed by atoms with Crippen molar-refractivity contribution >= 4 is 22.7 Å². The number of furan rings is 1.